The van der Waals surface area contributed by atoms with E-state index < -0.39 is 0 Å². The Morgan fingerprint density at radius 3 is 2.42 bits per heavy atom. The topological polar surface area (TPSA) is 44.2 Å². The molecule has 2 rings (SSSR count). The number of halogens is 1. The van der Waals surface area contributed by atoms with E-state index in [4.69, 9.17) is 21.1 Å². The zero-order valence-electron chi connectivity index (χ0n) is 11.1. The van der Waals surface area contributed by atoms with Crippen molar-refractivity contribution in [2.75, 3.05) is 7.11 Å². The Morgan fingerprint density at radius 1 is 1.11 bits per heavy atom. The van der Waals surface area contributed by atoms with Crippen molar-refractivity contribution >= 4 is 11.6 Å². The van der Waals surface area contributed by atoms with Gasteiger partial charge in [-0.1, -0.05) is 23.7 Å². The van der Waals surface area contributed by atoms with Gasteiger partial charge in [0.15, 0.2) is 0 Å². The summed E-state index contributed by atoms with van der Waals surface area (Å²) in [5, 5.41) is 0.428. The minimum absolute atomic E-state index is 0.428. The monoisotopic (exact) mass is 278 g/mol. The van der Waals surface area contributed by atoms with Crippen LogP contribution >= 0.6 is 11.6 Å². The minimum atomic E-state index is 0.428. The van der Waals surface area contributed by atoms with Crippen LogP contribution in [0.1, 0.15) is 17.0 Å². The molecule has 0 saturated carbocycles. The maximum Gasteiger partial charge on any atom is 0.221 e. The van der Waals surface area contributed by atoms with Gasteiger partial charge >= 0.3 is 0 Å². The molecule has 5 heteroatoms. The summed E-state index contributed by atoms with van der Waals surface area (Å²) >= 11 is 5.99. The molecule has 0 atom stereocenters. The van der Waals surface area contributed by atoms with Crippen molar-refractivity contribution in [3.05, 3.63) is 46.4 Å². The molecule has 0 unspecified atom stereocenters. The van der Waals surface area contributed by atoms with E-state index >= 15 is 0 Å². The Labute approximate surface area is 117 Å². The van der Waals surface area contributed by atoms with Gasteiger partial charge in [-0.3, -0.25) is 0 Å². The number of aromatic nitrogens is 2. The molecular formula is C14H15ClN2O2. The largest absolute Gasteiger partial charge is 0.497 e. The quantitative estimate of drug-likeness (QED) is 0.805. The first-order valence-corrected chi connectivity index (χ1v) is 6.24. The Hall–Kier alpha value is -1.81. The molecule has 2 aromatic rings. The Kier molecular flexibility index (Phi) is 4.22. The summed E-state index contributed by atoms with van der Waals surface area (Å²) in [6.45, 7) is 4.05. The van der Waals surface area contributed by atoms with Crippen molar-refractivity contribution in [3.8, 4) is 11.6 Å². The van der Waals surface area contributed by atoms with E-state index in [0.29, 0.717) is 23.5 Å². The third-order valence-electron chi connectivity index (χ3n) is 2.69. The Morgan fingerprint density at radius 2 is 1.79 bits per heavy atom. The van der Waals surface area contributed by atoms with Crippen LogP contribution in [0.4, 0.5) is 0 Å². The van der Waals surface area contributed by atoms with Gasteiger partial charge in [0, 0.05) is 5.56 Å². The van der Waals surface area contributed by atoms with Crippen LogP contribution in [0.5, 0.6) is 11.6 Å². The zero-order chi connectivity index (χ0) is 13.8. The maximum absolute atomic E-state index is 5.99. The molecule has 0 N–H and O–H groups in total. The standard InChI is InChI=1S/C14H15ClN2O2/c1-9-13(15)16-10(2)17-14(9)19-8-11-4-6-12(18-3)7-5-11/h4-7H,8H2,1-3H3. The number of hydrogen-bond acceptors (Lipinski definition) is 4. The molecule has 1 heterocycles. The maximum atomic E-state index is 5.99. The molecule has 0 aliphatic rings. The predicted octanol–water partition coefficient (Wildman–Crippen LogP) is 3.33. The van der Waals surface area contributed by atoms with Crippen molar-refractivity contribution in [3.63, 3.8) is 0 Å². The highest BCUT2D eigenvalue weighted by molar-refractivity contribution is 6.30. The molecule has 0 aliphatic heterocycles. The van der Waals surface area contributed by atoms with Crippen LogP contribution in [-0.2, 0) is 6.61 Å². The fourth-order valence-corrected chi connectivity index (χ4v) is 1.79. The van der Waals surface area contributed by atoms with Gasteiger partial charge in [-0.2, -0.15) is 4.98 Å². The lowest BCUT2D eigenvalue weighted by atomic mass is 10.2. The van der Waals surface area contributed by atoms with Crippen LogP contribution in [0, 0.1) is 13.8 Å². The van der Waals surface area contributed by atoms with Gasteiger partial charge in [-0.15, -0.1) is 0 Å². The lowest BCUT2D eigenvalue weighted by Gasteiger charge is -2.10. The van der Waals surface area contributed by atoms with Crippen molar-refractivity contribution in [1.29, 1.82) is 0 Å². The van der Waals surface area contributed by atoms with Crippen molar-refractivity contribution in [2.45, 2.75) is 20.5 Å². The summed E-state index contributed by atoms with van der Waals surface area (Å²) in [7, 11) is 1.64. The molecule has 1 aromatic carbocycles. The molecule has 100 valence electrons. The molecule has 0 amide bonds. The van der Waals surface area contributed by atoms with Crippen LogP contribution in [0.3, 0.4) is 0 Å². The second-order valence-electron chi connectivity index (χ2n) is 4.13. The summed E-state index contributed by atoms with van der Waals surface area (Å²) in [5.74, 6) is 1.94. The van der Waals surface area contributed by atoms with Gasteiger partial charge in [-0.05, 0) is 31.5 Å². The number of rotatable bonds is 4. The highest BCUT2D eigenvalue weighted by Gasteiger charge is 2.08. The molecule has 0 saturated heterocycles. The first-order valence-electron chi connectivity index (χ1n) is 5.86. The first kappa shape index (κ1) is 13.6. The van der Waals surface area contributed by atoms with Crippen LogP contribution in [0.25, 0.3) is 0 Å². The van der Waals surface area contributed by atoms with Gasteiger partial charge in [0.2, 0.25) is 5.88 Å². The molecule has 0 radical (unpaired) electrons. The normalized spacial score (nSPS) is 10.3. The van der Waals surface area contributed by atoms with Crippen molar-refractivity contribution < 1.29 is 9.47 Å². The molecule has 0 aliphatic carbocycles. The molecule has 4 nitrogen and oxygen atoms in total. The smallest absolute Gasteiger partial charge is 0.221 e. The third kappa shape index (κ3) is 3.35. The molecule has 19 heavy (non-hydrogen) atoms. The lowest BCUT2D eigenvalue weighted by molar-refractivity contribution is 0.290. The summed E-state index contributed by atoms with van der Waals surface area (Å²) in [5.41, 5.74) is 1.79. The number of benzene rings is 1. The number of hydrogen-bond donors (Lipinski definition) is 0. The van der Waals surface area contributed by atoms with E-state index in [9.17, 15) is 0 Å². The molecule has 0 bridgehead atoms. The molecular weight excluding hydrogens is 264 g/mol. The number of aryl methyl sites for hydroxylation is 1. The van der Waals surface area contributed by atoms with E-state index in [2.05, 4.69) is 9.97 Å². The van der Waals surface area contributed by atoms with Gasteiger partial charge in [0.05, 0.1) is 7.11 Å². The summed E-state index contributed by atoms with van der Waals surface area (Å²) < 4.78 is 10.8. The Balaban J connectivity index is 2.09. The second kappa shape index (κ2) is 5.89. The van der Waals surface area contributed by atoms with Crippen LogP contribution in [0.15, 0.2) is 24.3 Å². The van der Waals surface area contributed by atoms with Crippen molar-refractivity contribution in [1.82, 2.24) is 9.97 Å². The van der Waals surface area contributed by atoms with Gasteiger partial charge in [0.25, 0.3) is 0 Å². The third-order valence-corrected chi connectivity index (χ3v) is 3.06. The van der Waals surface area contributed by atoms with Crippen LogP contribution in [0.2, 0.25) is 5.15 Å². The van der Waals surface area contributed by atoms with Crippen LogP contribution < -0.4 is 9.47 Å². The van der Waals surface area contributed by atoms with E-state index in [-0.39, 0.29) is 0 Å². The average Bonchev–Trinajstić information content (AvgIpc) is 2.41. The van der Waals surface area contributed by atoms with E-state index in [0.717, 1.165) is 16.9 Å². The molecule has 0 fully saturated rings. The first-order chi connectivity index (χ1) is 9.10. The Bertz CT molecular complexity index is 570. The van der Waals surface area contributed by atoms with Gasteiger partial charge in [-0.25, -0.2) is 4.98 Å². The number of ether oxygens (including phenoxy) is 2. The van der Waals surface area contributed by atoms with E-state index in [1.165, 1.54) is 0 Å². The summed E-state index contributed by atoms with van der Waals surface area (Å²) in [4.78, 5) is 8.31. The fraction of sp³-hybridized carbons (Fsp3) is 0.286. The SMILES string of the molecule is COc1ccc(COc2nc(C)nc(Cl)c2C)cc1. The number of nitrogens with zero attached hydrogens (tertiary/aromatic N) is 2. The highest BCUT2D eigenvalue weighted by atomic mass is 35.5. The second-order valence-corrected chi connectivity index (χ2v) is 4.49. The van der Waals surface area contributed by atoms with Gasteiger partial charge < -0.3 is 9.47 Å². The highest BCUT2D eigenvalue weighted by Crippen LogP contribution is 2.22. The number of methoxy groups -OCH3 is 1. The van der Waals surface area contributed by atoms with Gasteiger partial charge in [0.1, 0.15) is 23.3 Å². The predicted molar refractivity (Wildman–Crippen MR) is 73.8 cm³/mol. The molecule has 1 aromatic heterocycles. The average molecular weight is 279 g/mol. The van der Waals surface area contributed by atoms with E-state index in [1.54, 1.807) is 14.0 Å². The lowest BCUT2D eigenvalue weighted by Crippen LogP contribution is -2.02. The summed E-state index contributed by atoms with van der Waals surface area (Å²) in [6, 6.07) is 7.68. The summed E-state index contributed by atoms with van der Waals surface area (Å²) in [6.07, 6.45) is 0. The van der Waals surface area contributed by atoms with Crippen molar-refractivity contribution in [2.24, 2.45) is 0 Å². The fourth-order valence-electron chi connectivity index (χ4n) is 1.58. The van der Waals surface area contributed by atoms with Crippen LogP contribution in [-0.4, -0.2) is 17.1 Å². The minimum Gasteiger partial charge on any atom is -0.497 e. The zero-order valence-corrected chi connectivity index (χ0v) is 11.9. The van der Waals surface area contributed by atoms with E-state index in [1.807, 2.05) is 31.2 Å². The molecule has 0 spiro atoms.